The van der Waals surface area contributed by atoms with Gasteiger partial charge in [0.25, 0.3) is 0 Å². The molecule has 0 fully saturated rings. The van der Waals surface area contributed by atoms with E-state index in [4.69, 9.17) is 10.2 Å². The molecule has 4 nitrogen and oxygen atoms in total. The molecule has 0 aliphatic carbocycles. The number of hydrogen-bond donors (Lipinski definition) is 2. The van der Waals surface area contributed by atoms with E-state index in [0.717, 1.165) is 11.6 Å². The topological polar surface area (TPSA) is 56.6 Å². The summed E-state index contributed by atoms with van der Waals surface area (Å²) < 4.78 is 0. The summed E-state index contributed by atoms with van der Waals surface area (Å²) in [6.07, 6.45) is 1.78. The van der Waals surface area contributed by atoms with Gasteiger partial charge in [0.1, 0.15) is 5.01 Å². The number of hydrogen-bond acceptors (Lipinski definition) is 5. The van der Waals surface area contributed by atoms with Crippen LogP contribution in [0.2, 0.25) is 0 Å². The molecule has 1 heterocycles. The normalized spacial score (nSPS) is 12.3. The van der Waals surface area contributed by atoms with E-state index in [2.05, 4.69) is 9.88 Å². The highest BCUT2D eigenvalue weighted by Gasteiger charge is 2.24. The van der Waals surface area contributed by atoms with Crippen LogP contribution in [0, 0.1) is 5.41 Å². The van der Waals surface area contributed by atoms with Crippen LogP contribution < -0.4 is 0 Å². The zero-order chi connectivity index (χ0) is 11.3. The monoisotopic (exact) mass is 230 g/mol. The molecule has 0 saturated carbocycles. The fraction of sp³-hybridized carbons (Fsp3) is 0.700. The molecule has 0 saturated heterocycles. The summed E-state index contributed by atoms with van der Waals surface area (Å²) in [7, 11) is 1.96. The van der Waals surface area contributed by atoms with Gasteiger partial charge in [-0.05, 0) is 7.05 Å². The fourth-order valence-corrected chi connectivity index (χ4v) is 2.11. The molecule has 0 aliphatic heterocycles. The summed E-state index contributed by atoms with van der Waals surface area (Å²) in [5.41, 5.74) is -0.438. The van der Waals surface area contributed by atoms with Crippen LogP contribution in [0.1, 0.15) is 11.9 Å². The van der Waals surface area contributed by atoms with Gasteiger partial charge in [0.15, 0.2) is 0 Å². The van der Waals surface area contributed by atoms with Crippen molar-refractivity contribution in [1.82, 2.24) is 9.88 Å². The van der Waals surface area contributed by atoms with Gasteiger partial charge in [0.05, 0.1) is 19.8 Å². The Morgan fingerprint density at radius 1 is 1.47 bits per heavy atom. The predicted molar refractivity (Wildman–Crippen MR) is 60.7 cm³/mol. The highest BCUT2D eigenvalue weighted by Crippen LogP contribution is 2.17. The number of aromatic nitrogens is 1. The highest BCUT2D eigenvalue weighted by molar-refractivity contribution is 7.09. The smallest absolute Gasteiger partial charge is 0.107 e. The quantitative estimate of drug-likeness (QED) is 0.750. The Balaban J connectivity index is 2.44. The van der Waals surface area contributed by atoms with Crippen LogP contribution in [-0.2, 0) is 6.54 Å². The first kappa shape index (κ1) is 12.6. The molecule has 0 atom stereocenters. The van der Waals surface area contributed by atoms with Gasteiger partial charge in [-0.3, -0.25) is 4.90 Å². The summed E-state index contributed by atoms with van der Waals surface area (Å²) in [5.74, 6) is 0. The van der Waals surface area contributed by atoms with Gasteiger partial charge in [0, 0.05) is 23.5 Å². The number of aliphatic hydroxyl groups excluding tert-OH is 2. The minimum atomic E-state index is -0.438. The summed E-state index contributed by atoms with van der Waals surface area (Å²) >= 11 is 1.61. The van der Waals surface area contributed by atoms with Gasteiger partial charge in [-0.15, -0.1) is 11.3 Å². The largest absolute Gasteiger partial charge is 0.396 e. The molecule has 0 aliphatic rings. The Kier molecular flexibility index (Phi) is 4.66. The zero-order valence-corrected chi connectivity index (χ0v) is 10.00. The van der Waals surface area contributed by atoms with E-state index >= 15 is 0 Å². The maximum absolute atomic E-state index is 9.16. The molecule has 1 rings (SSSR count). The van der Waals surface area contributed by atoms with Crippen molar-refractivity contribution < 1.29 is 10.2 Å². The van der Waals surface area contributed by atoms with Gasteiger partial charge >= 0.3 is 0 Å². The number of rotatable bonds is 6. The first-order valence-electron chi connectivity index (χ1n) is 4.88. The van der Waals surface area contributed by atoms with E-state index in [1.165, 1.54) is 0 Å². The van der Waals surface area contributed by atoms with Crippen molar-refractivity contribution in [2.24, 2.45) is 5.41 Å². The predicted octanol–water partition coefficient (Wildman–Crippen LogP) is 0.566. The van der Waals surface area contributed by atoms with Gasteiger partial charge < -0.3 is 10.2 Å². The van der Waals surface area contributed by atoms with E-state index < -0.39 is 5.41 Å². The van der Waals surface area contributed by atoms with E-state index in [-0.39, 0.29) is 13.2 Å². The highest BCUT2D eigenvalue weighted by atomic mass is 32.1. The zero-order valence-electron chi connectivity index (χ0n) is 9.18. The van der Waals surface area contributed by atoms with Gasteiger partial charge in [-0.1, -0.05) is 6.92 Å². The van der Waals surface area contributed by atoms with Gasteiger partial charge in [-0.2, -0.15) is 0 Å². The van der Waals surface area contributed by atoms with Crippen molar-refractivity contribution in [2.75, 3.05) is 26.8 Å². The van der Waals surface area contributed by atoms with Crippen molar-refractivity contribution in [3.63, 3.8) is 0 Å². The third kappa shape index (κ3) is 3.87. The van der Waals surface area contributed by atoms with Crippen molar-refractivity contribution in [2.45, 2.75) is 13.5 Å². The van der Waals surface area contributed by atoms with Crippen molar-refractivity contribution in [1.29, 1.82) is 0 Å². The number of thiazole rings is 1. The van der Waals surface area contributed by atoms with E-state index in [1.807, 2.05) is 19.4 Å². The lowest BCUT2D eigenvalue weighted by atomic mass is 9.92. The first-order chi connectivity index (χ1) is 7.09. The second-order valence-corrected chi connectivity index (χ2v) is 5.20. The molecule has 1 aromatic heterocycles. The van der Waals surface area contributed by atoms with Crippen molar-refractivity contribution in [3.8, 4) is 0 Å². The minimum Gasteiger partial charge on any atom is -0.396 e. The molecule has 0 aromatic carbocycles. The van der Waals surface area contributed by atoms with Crippen LogP contribution in [0.3, 0.4) is 0 Å². The molecule has 0 spiro atoms. The second-order valence-electron chi connectivity index (χ2n) is 4.23. The Hall–Kier alpha value is -0.490. The Morgan fingerprint density at radius 2 is 2.13 bits per heavy atom. The molecule has 15 heavy (non-hydrogen) atoms. The summed E-state index contributed by atoms with van der Waals surface area (Å²) in [5, 5.41) is 21.3. The van der Waals surface area contributed by atoms with E-state index in [1.54, 1.807) is 17.5 Å². The average Bonchev–Trinajstić information content (AvgIpc) is 2.70. The molecule has 1 aromatic rings. The van der Waals surface area contributed by atoms with Crippen LogP contribution in [0.4, 0.5) is 0 Å². The Labute approximate surface area is 94.2 Å². The average molecular weight is 230 g/mol. The third-order valence-electron chi connectivity index (χ3n) is 2.30. The van der Waals surface area contributed by atoms with Crippen LogP contribution in [0.25, 0.3) is 0 Å². The van der Waals surface area contributed by atoms with Crippen molar-refractivity contribution >= 4 is 11.3 Å². The molecule has 0 bridgehead atoms. The molecular formula is C10H18N2O2S. The van der Waals surface area contributed by atoms with Crippen molar-refractivity contribution in [3.05, 3.63) is 16.6 Å². The molecular weight excluding hydrogens is 212 g/mol. The van der Waals surface area contributed by atoms with Gasteiger partial charge in [-0.25, -0.2) is 4.98 Å². The third-order valence-corrected chi connectivity index (χ3v) is 3.07. The summed E-state index contributed by atoms with van der Waals surface area (Å²) in [6.45, 7) is 3.26. The van der Waals surface area contributed by atoms with Gasteiger partial charge in [0.2, 0.25) is 0 Å². The van der Waals surface area contributed by atoms with Crippen LogP contribution >= 0.6 is 11.3 Å². The Bertz CT molecular complexity index is 273. The number of aliphatic hydroxyl groups is 2. The summed E-state index contributed by atoms with van der Waals surface area (Å²) in [4.78, 5) is 6.25. The molecule has 0 unspecified atom stereocenters. The second kappa shape index (κ2) is 5.55. The minimum absolute atomic E-state index is 0.00823. The lowest BCUT2D eigenvalue weighted by Crippen LogP contribution is -2.38. The molecule has 2 N–H and O–H groups in total. The number of nitrogens with zero attached hydrogens (tertiary/aromatic N) is 2. The lowest BCUT2D eigenvalue weighted by molar-refractivity contribution is 0.0402. The molecule has 0 amide bonds. The molecule has 5 heteroatoms. The SMILES string of the molecule is CN(Cc1nccs1)CC(C)(CO)CO. The fourth-order valence-electron chi connectivity index (χ4n) is 1.42. The maximum atomic E-state index is 9.16. The van der Waals surface area contributed by atoms with Crippen LogP contribution in [0.15, 0.2) is 11.6 Å². The van der Waals surface area contributed by atoms with Crippen LogP contribution in [-0.4, -0.2) is 46.9 Å². The van der Waals surface area contributed by atoms with E-state index in [0.29, 0.717) is 6.54 Å². The standard InChI is InChI=1S/C10H18N2O2S/c1-10(7-13,8-14)6-12(2)5-9-11-3-4-15-9/h3-4,13-14H,5-8H2,1-2H3. The molecule has 86 valence electrons. The van der Waals surface area contributed by atoms with E-state index in [9.17, 15) is 0 Å². The summed E-state index contributed by atoms with van der Waals surface area (Å²) in [6, 6.07) is 0. The first-order valence-corrected chi connectivity index (χ1v) is 5.76. The Morgan fingerprint density at radius 3 is 2.60 bits per heavy atom. The lowest BCUT2D eigenvalue weighted by Gasteiger charge is -2.29. The van der Waals surface area contributed by atoms with Crippen LogP contribution in [0.5, 0.6) is 0 Å². The maximum Gasteiger partial charge on any atom is 0.107 e. The molecule has 0 radical (unpaired) electrons.